The van der Waals surface area contributed by atoms with E-state index in [0.717, 1.165) is 12.0 Å². The van der Waals surface area contributed by atoms with Crippen molar-refractivity contribution in [2.45, 2.75) is 26.2 Å². The van der Waals surface area contributed by atoms with Crippen LogP contribution in [0.5, 0.6) is 0 Å². The van der Waals surface area contributed by atoms with Crippen LogP contribution in [0.2, 0.25) is 0 Å². The van der Waals surface area contributed by atoms with Crippen molar-refractivity contribution in [2.75, 3.05) is 6.54 Å². The number of benzene rings is 1. The molecule has 1 amide bonds. The standard InChI is InChI=1S/C14H17N3O2/c1-2-10-15-12(18)8-9-13-16-17-14(19-13)11-6-4-3-5-7-11/h3-7H,2,8-10H2,1H3,(H,15,18). The van der Waals surface area contributed by atoms with Crippen LogP contribution in [0.25, 0.3) is 11.5 Å². The van der Waals surface area contributed by atoms with E-state index in [9.17, 15) is 4.79 Å². The van der Waals surface area contributed by atoms with E-state index in [2.05, 4.69) is 15.5 Å². The molecule has 19 heavy (non-hydrogen) atoms. The van der Waals surface area contributed by atoms with Gasteiger partial charge in [0.05, 0.1) is 0 Å². The molecule has 0 aliphatic carbocycles. The Morgan fingerprint density at radius 1 is 1.26 bits per heavy atom. The van der Waals surface area contributed by atoms with E-state index in [1.807, 2.05) is 37.3 Å². The van der Waals surface area contributed by atoms with Crippen molar-refractivity contribution in [3.8, 4) is 11.5 Å². The number of hydrogen-bond donors (Lipinski definition) is 1. The van der Waals surface area contributed by atoms with E-state index in [4.69, 9.17) is 4.42 Å². The smallest absolute Gasteiger partial charge is 0.247 e. The lowest BCUT2D eigenvalue weighted by Crippen LogP contribution is -2.24. The van der Waals surface area contributed by atoms with Gasteiger partial charge in [0.2, 0.25) is 17.7 Å². The third-order valence-electron chi connectivity index (χ3n) is 2.63. The van der Waals surface area contributed by atoms with Gasteiger partial charge in [0.25, 0.3) is 0 Å². The first-order valence-electron chi connectivity index (χ1n) is 6.44. The first-order valence-corrected chi connectivity index (χ1v) is 6.44. The fraction of sp³-hybridized carbons (Fsp3) is 0.357. The summed E-state index contributed by atoms with van der Waals surface area (Å²) >= 11 is 0. The highest BCUT2D eigenvalue weighted by Gasteiger charge is 2.09. The SMILES string of the molecule is CCCNC(=O)CCc1nnc(-c2ccccc2)o1. The van der Waals surface area contributed by atoms with E-state index in [1.54, 1.807) is 0 Å². The summed E-state index contributed by atoms with van der Waals surface area (Å²) in [7, 11) is 0. The highest BCUT2D eigenvalue weighted by molar-refractivity contribution is 5.75. The van der Waals surface area contributed by atoms with E-state index < -0.39 is 0 Å². The lowest BCUT2D eigenvalue weighted by Gasteiger charge is -2.00. The number of carbonyl (C=O) groups is 1. The largest absolute Gasteiger partial charge is 0.421 e. The van der Waals surface area contributed by atoms with Gasteiger partial charge >= 0.3 is 0 Å². The molecule has 2 aromatic rings. The Balaban J connectivity index is 1.90. The van der Waals surface area contributed by atoms with Crippen molar-refractivity contribution in [1.29, 1.82) is 0 Å². The first-order chi connectivity index (χ1) is 9.29. The maximum absolute atomic E-state index is 11.5. The Hall–Kier alpha value is -2.17. The number of amides is 1. The maximum atomic E-state index is 11.5. The lowest BCUT2D eigenvalue weighted by molar-refractivity contribution is -0.121. The molecule has 5 heteroatoms. The van der Waals surface area contributed by atoms with Gasteiger partial charge in [-0.3, -0.25) is 4.79 Å². The third kappa shape index (κ3) is 3.91. The van der Waals surface area contributed by atoms with Crippen molar-refractivity contribution in [3.63, 3.8) is 0 Å². The molecule has 0 aliphatic heterocycles. The zero-order valence-electron chi connectivity index (χ0n) is 10.9. The zero-order chi connectivity index (χ0) is 13.5. The molecule has 1 aromatic heterocycles. The zero-order valence-corrected chi connectivity index (χ0v) is 10.9. The highest BCUT2D eigenvalue weighted by atomic mass is 16.4. The minimum atomic E-state index is 0.0151. The van der Waals surface area contributed by atoms with Gasteiger partial charge < -0.3 is 9.73 Å². The summed E-state index contributed by atoms with van der Waals surface area (Å²) in [5, 5.41) is 10.7. The molecular formula is C14H17N3O2. The number of hydrogen-bond acceptors (Lipinski definition) is 4. The number of rotatable bonds is 6. The molecule has 1 aromatic carbocycles. The van der Waals surface area contributed by atoms with Gasteiger partial charge in [0, 0.05) is 24.9 Å². The third-order valence-corrected chi connectivity index (χ3v) is 2.63. The van der Waals surface area contributed by atoms with Gasteiger partial charge in [-0.1, -0.05) is 25.1 Å². The van der Waals surface area contributed by atoms with Crippen molar-refractivity contribution >= 4 is 5.91 Å². The first kappa shape index (κ1) is 13.3. The number of nitrogens with one attached hydrogen (secondary N) is 1. The average Bonchev–Trinajstić information content (AvgIpc) is 2.93. The van der Waals surface area contributed by atoms with Crippen LogP contribution in [-0.2, 0) is 11.2 Å². The van der Waals surface area contributed by atoms with Crippen LogP contribution < -0.4 is 5.32 Å². The summed E-state index contributed by atoms with van der Waals surface area (Å²) in [4.78, 5) is 11.5. The molecule has 0 spiro atoms. The second-order valence-corrected chi connectivity index (χ2v) is 4.22. The summed E-state index contributed by atoms with van der Waals surface area (Å²) in [6.07, 6.45) is 1.77. The quantitative estimate of drug-likeness (QED) is 0.863. The Morgan fingerprint density at radius 2 is 2.05 bits per heavy atom. The number of nitrogens with zero attached hydrogens (tertiary/aromatic N) is 2. The van der Waals surface area contributed by atoms with Gasteiger partial charge in [-0.2, -0.15) is 0 Å². The predicted octanol–water partition coefficient (Wildman–Crippen LogP) is 2.20. The molecule has 1 N–H and O–H groups in total. The molecule has 100 valence electrons. The molecule has 0 fully saturated rings. The minimum Gasteiger partial charge on any atom is -0.421 e. The van der Waals surface area contributed by atoms with Crippen LogP contribution in [0.3, 0.4) is 0 Å². The molecule has 0 saturated heterocycles. The molecule has 5 nitrogen and oxygen atoms in total. The normalized spacial score (nSPS) is 10.4. The minimum absolute atomic E-state index is 0.0151. The van der Waals surface area contributed by atoms with Crippen LogP contribution in [0.1, 0.15) is 25.7 Å². The van der Waals surface area contributed by atoms with Crippen molar-refractivity contribution in [3.05, 3.63) is 36.2 Å². The van der Waals surface area contributed by atoms with Gasteiger partial charge in [0.1, 0.15) is 0 Å². The Kier molecular flexibility index (Phi) is 4.66. The second-order valence-electron chi connectivity index (χ2n) is 4.22. The van der Waals surface area contributed by atoms with E-state index in [1.165, 1.54) is 0 Å². The molecule has 0 aliphatic rings. The summed E-state index contributed by atoms with van der Waals surface area (Å²) in [6, 6.07) is 9.57. The van der Waals surface area contributed by atoms with E-state index >= 15 is 0 Å². The van der Waals surface area contributed by atoms with E-state index in [-0.39, 0.29) is 5.91 Å². The Labute approximate surface area is 112 Å². The fourth-order valence-electron chi connectivity index (χ4n) is 1.63. The Morgan fingerprint density at radius 3 is 2.79 bits per heavy atom. The lowest BCUT2D eigenvalue weighted by atomic mass is 10.2. The van der Waals surface area contributed by atoms with Gasteiger partial charge in [-0.15, -0.1) is 10.2 Å². The van der Waals surface area contributed by atoms with Gasteiger partial charge in [-0.05, 0) is 18.6 Å². The number of aryl methyl sites for hydroxylation is 1. The summed E-state index contributed by atoms with van der Waals surface area (Å²) in [6.45, 7) is 2.72. The van der Waals surface area contributed by atoms with Crippen LogP contribution in [0, 0.1) is 0 Å². The Bertz CT molecular complexity index is 522. The maximum Gasteiger partial charge on any atom is 0.247 e. The molecule has 0 saturated carbocycles. The van der Waals surface area contributed by atoms with Crippen molar-refractivity contribution in [1.82, 2.24) is 15.5 Å². The van der Waals surface area contributed by atoms with Crippen molar-refractivity contribution in [2.24, 2.45) is 0 Å². The monoisotopic (exact) mass is 259 g/mol. The topological polar surface area (TPSA) is 68.0 Å². The molecule has 0 unspecified atom stereocenters. The van der Waals surface area contributed by atoms with Gasteiger partial charge in [0.15, 0.2) is 0 Å². The summed E-state index contributed by atoms with van der Waals surface area (Å²) in [5.74, 6) is 0.997. The van der Waals surface area contributed by atoms with Crippen LogP contribution in [0.4, 0.5) is 0 Å². The van der Waals surface area contributed by atoms with Crippen LogP contribution in [0.15, 0.2) is 34.7 Å². The summed E-state index contributed by atoms with van der Waals surface area (Å²) < 4.78 is 5.52. The van der Waals surface area contributed by atoms with Crippen LogP contribution in [-0.4, -0.2) is 22.6 Å². The molecule has 0 radical (unpaired) electrons. The van der Waals surface area contributed by atoms with Crippen molar-refractivity contribution < 1.29 is 9.21 Å². The number of carbonyl (C=O) groups excluding carboxylic acids is 1. The molecule has 0 atom stereocenters. The number of aromatic nitrogens is 2. The van der Waals surface area contributed by atoms with Crippen LogP contribution >= 0.6 is 0 Å². The predicted molar refractivity (Wildman–Crippen MR) is 71.4 cm³/mol. The molecule has 0 bridgehead atoms. The second kappa shape index (κ2) is 6.68. The van der Waals surface area contributed by atoms with Gasteiger partial charge in [-0.25, -0.2) is 0 Å². The van der Waals surface area contributed by atoms with E-state index in [0.29, 0.717) is 31.2 Å². The molecular weight excluding hydrogens is 242 g/mol. The molecule has 2 rings (SSSR count). The molecule has 1 heterocycles. The fourth-order valence-corrected chi connectivity index (χ4v) is 1.63. The highest BCUT2D eigenvalue weighted by Crippen LogP contribution is 2.17. The average molecular weight is 259 g/mol. The summed E-state index contributed by atoms with van der Waals surface area (Å²) in [5.41, 5.74) is 0.886.